The molecule has 0 aliphatic rings. The highest BCUT2D eigenvalue weighted by Gasteiger charge is 2.10. The molecule has 0 spiro atoms. The molecule has 2 heterocycles. The number of thiazole rings is 1. The van der Waals surface area contributed by atoms with Gasteiger partial charge in [-0.15, -0.1) is 11.3 Å². The fraction of sp³-hybridized carbons (Fsp3) is 0.538. The summed E-state index contributed by atoms with van der Waals surface area (Å²) in [7, 11) is 0. The summed E-state index contributed by atoms with van der Waals surface area (Å²) in [6, 6.07) is 0. The van der Waals surface area contributed by atoms with Gasteiger partial charge in [0.05, 0.1) is 17.0 Å². The molecule has 5 heteroatoms. The normalized spacial score (nSPS) is 11.9. The van der Waals surface area contributed by atoms with Crippen LogP contribution >= 0.6 is 11.3 Å². The van der Waals surface area contributed by atoms with Gasteiger partial charge in [-0.05, 0) is 20.8 Å². The second-order valence-corrected chi connectivity index (χ2v) is 6.34. The van der Waals surface area contributed by atoms with Gasteiger partial charge >= 0.3 is 0 Å². The van der Waals surface area contributed by atoms with Crippen molar-refractivity contribution in [3.05, 3.63) is 34.8 Å². The molecule has 0 radical (unpaired) electrons. The molecule has 2 rings (SSSR count). The molecule has 0 fully saturated rings. The fourth-order valence-corrected chi connectivity index (χ4v) is 2.25. The molecule has 0 aromatic carbocycles. The molecular formula is C13H20N4S. The number of hydrogen-bond donors (Lipinski definition) is 1. The summed E-state index contributed by atoms with van der Waals surface area (Å²) in [5.74, 6) is 0. The Labute approximate surface area is 112 Å². The van der Waals surface area contributed by atoms with Crippen molar-refractivity contribution in [1.29, 1.82) is 0 Å². The quantitative estimate of drug-likeness (QED) is 0.902. The molecule has 0 atom stereocenters. The van der Waals surface area contributed by atoms with E-state index in [-0.39, 0.29) is 5.54 Å². The zero-order valence-corrected chi connectivity index (χ0v) is 12.0. The van der Waals surface area contributed by atoms with Gasteiger partial charge in [-0.25, -0.2) is 9.97 Å². The summed E-state index contributed by atoms with van der Waals surface area (Å²) in [4.78, 5) is 8.53. The number of aromatic nitrogens is 3. The smallest absolute Gasteiger partial charge is 0.0948 e. The van der Waals surface area contributed by atoms with Crippen LogP contribution in [0.5, 0.6) is 0 Å². The van der Waals surface area contributed by atoms with E-state index in [2.05, 4.69) is 40.6 Å². The van der Waals surface area contributed by atoms with Crippen molar-refractivity contribution in [2.24, 2.45) is 0 Å². The van der Waals surface area contributed by atoms with E-state index in [1.165, 1.54) is 10.7 Å². The van der Waals surface area contributed by atoms with E-state index in [1.807, 2.05) is 24.1 Å². The fourth-order valence-electron chi connectivity index (χ4n) is 1.64. The summed E-state index contributed by atoms with van der Waals surface area (Å²) in [6.45, 7) is 8.30. The molecule has 0 unspecified atom stereocenters. The Kier molecular flexibility index (Phi) is 4.14. The Morgan fingerprint density at radius 3 is 2.89 bits per heavy atom. The summed E-state index contributed by atoms with van der Waals surface area (Å²) < 4.78 is 2.19. The summed E-state index contributed by atoms with van der Waals surface area (Å²) in [6.07, 6.45) is 6.65. The second kappa shape index (κ2) is 5.63. The Morgan fingerprint density at radius 2 is 2.22 bits per heavy atom. The van der Waals surface area contributed by atoms with E-state index in [1.54, 1.807) is 11.3 Å². The van der Waals surface area contributed by atoms with Crippen LogP contribution in [-0.4, -0.2) is 20.1 Å². The SMILES string of the molecule is CC(C)(C)NCc1cncn1CCc1nccs1. The number of hydrogen-bond acceptors (Lipinski definition) is 4. The maximum Gasteiger partial charge on any atom is 0.0948 e. The second-order valence-electron chi connectivity index (χ2n) is 5.36. The molecule has 2 aromatic heterocycles. The zero-order valence-electron chi connectivity index (χ0n) is 11.2. The monoisotopic (exact) mass is 264 g/mol. The number of imidazole rings is 1. The van der Waals surface area contributed by atoms with E-state index in [0.717, 1.165) is 19.5 Å². The van der Waals surface area contributed by atoms with Crippen molar-refractivity contribution in [3.8, 4) is 0 Å². The minimum Gasteiger partial charge on any atom is -0.333 e. The van der Waals surface area contributed by atoms with Crippen LogP contribution in [0, 0.1) is 0 Å². The zero-order chi connectivity index (χ0) is 13.0. The van der Waals surface area contributed by atoms with Crippen LogP contribution in [0.15, 0.2) is 24.1 Å². The molecule has 1 N–H and O–H groups in total. The van der Waals surface area contributed by atoms with Crippen LogP contribution in [0.4, 0.5) is 0 Å². The van der Waals surface area contributed by atoms with E-state index in [4.69, 9.17) is 0 Å². The van der Waals surface area contributed by atoms with Gasteiger partial charge in [0, 0.05) is 42.8 Å². The molecule has 2 aromatic rings. The van der Waals surface area contributed by atoms with Crippen LogP contribution in [0.25, 0.3) is 0 Å². The highest BCUT2D eigenvalue weighted by atomic mass is 32.1. The van der Waals surface area contributed by atoms with Crippen molar-refractivity contribution >= 4 is 11.3 Å². The molecule has 98 valence electrons. The molecule has 4 nitrogen and oxygen atoms in total. The molecule has 0 amide bonds. The first kappa shape index (κ1) is 13.2. The minimum absolute atomic E-state index is 0.129. The number of nitrogens with zero attached hydrogens (tertiary/aromatic N) is 3. The van der Waals surface area contributed by atoms with Gasteiger partial charge in [-0.3, -0.25) is 0 Å². The van der Waals surface area contributed by atoms with Gasteiger partial charge in [0.25, 0.3) is 0 Å². The van der Waals surface area contributed by atoms with E-state index in [9.17, 15) is 0 Å². The highest BCUT2D eigenvalue weighted by Crippen LogP contribution is 2.09. The molecule has 0 bridgehead atoms. The Hall–Kier alpha value is -1.20. The van der Waals surface area contributed by atoms with Gasteiger partial charge in [0.1, 0.15) is 0 Å². The first-order valence-electron chi connectivity index (χ1n) is 6.17. The molecule has 0 saturated carbocycles. The summed E-state index contributed by atoms with van der Waals surface area (Å²) in [5.41, 5.74) is 1.35. The maximum absolute atomic E-state index is 4.30. The van der Waals surface area contributed by atoms with Crippen LogP contribution in [0.1, 0.15) is 31.5 Å². The largest absolute Gasteiger partial charge is 0.333 e. The lowest BCUT2D eigenvalue weighted by molar-refractivity contribution is 0.415. The molecule has 18 heavy (non-hydrogen) atoms. The highest BCUT2D eigenvalue weighted by molar-refractivity contribution is 7.09. The van der Waals surface area contributed by atoms with Gasteiger partial charge in [0.15, 0.2) is 0 Å². The molecular weight excluding hydrogens is 244 g/mol. The Bertz CT molecular complexity index is 467. The number of rotatable bonds is 5. The Morgan fingerprint density at radius 1 is 1.39 bits per heavy atom. The van der Waals surface area contributed by atoms with E-state index in [0.29, 0.717) is 0 Å². The number of aryl methyl sites for hydroxylation is 2. The van der Waals surface area contributed by atoms with Crippen molar-refractivity contribution in [2.75, 3.05) is 0 Å². The van der Waals surface area contributed by atoms with Crippen LogP contribution < -0.4 is 5.32 Å². The maximum atomic E-state index is 4.30. The van der Waals surface area contributed by atoms with Crippen molar-refractivity contribution in [1.82, 2.24) is 19.9 Å². The third-order valence-corrected chi connectivity index (χ3v) is 3.49. The van der Waals surface area contributed by atoms with Crippen LogP contribution in [0.3, 0.4) is 0 Å². The van der Waals surface area contributed by atoms with Crippen molar-refractivity contribution in [3.63, 3.8) is 0 Å². The predicted molar refractivity (Wildman–Crippen MR) is 74.6 cm³/mol. The van der Waals surface area contributed by atoms with Gasteiger partial charge in [0.2, 0.25) is 0 Å². The van der Waals surface area contributed by atoms with Crippen LogP contribution in [-0.2, 0) is 19.5 Å². The topological polar surface area (TPSA) is 42.7 Å². The van der Waals surface area contributed by atoms with E-state index >= 15 is 0 Å². The summed E-state index contributed by atoms with van der Waals surface area (Å²) >= 11 is 1.71. The van der Waals surface area contributed by atoms with Crippen LogP contribution in [0.2, 0.25) is 0 Å². The van der Waals surface area contributed by atoms with Gasteiger partial charge in [-0.1, -0.05) is 0 Å². The molecule has 0 saturated heterocycles. The van der Waals surface area contributed by atoms with Crippen molar-refractivity contribution in [2.45, 2.75) is 45.8 Å². The lowest BCUT2D eigenvalue weighted by Gasteiger charge is -2.20. The first-order chi connectivity index (χ1) is 8.54. The Balaban J connectivity index is 1.91. The average molecular weight is 264 g/mol. The van der Waals surface area contributed by atoms with Gasteiger partial charge < -0.3 is 9.88 Å². The summed E-state index contributed by atoms with van der Waals surface area (Å²) in [5, 5.41) is 6.68. The standard InChI is InChI=1S/C13H20N4S/c1-13(2,3)16-9-11-8-14-10-17(11)6-4-12-15-5-7-18-12/h5,7-8,10,16H,4,6,9H2,1-3H3. The average Bonchev–Trinajstić information content (AvgIpc) is 2.94. The van der Waals surface area contributed by atoms with E-state index < -0.39 is 0 Å². The lowest BCUT2D eigenvalue weighted by Crippen LogP contribution is -2.35. The molecule has 0 aliphatic carbocycles. The minimum atomic E-state index is 0.129. The lowest BCUT2D eigenvalue weighted by atomic mass is 10.1. The van der Waals surface area contributed by atoms with Gasteiger partial charge in [-0.2, -0.15) is 0 Å². The third-order valence-electron chi connectivity index (χ3n) is 2.65. The predicted octanol–water partition coefficient (Wildman–Crippen LogP) is 2.47. The first-order valence-corrected chi connectivity index (χ1v) is 7.05. The van der Waals surface area contributed by atoms with Crippen molar-refractivity contribution < 1.29 is 0 Å². The number of nitrogens with one attached hydrogen (secondary N) is 1. The third kappa shape index (κ3) is 3.92. The molecule has 0 aliphatic heterocycles.